The molecular formula is C24H29ClFN3O3. The molecule has 0 bridgehead atoms. The second-order valence-electron chi connectivity index (χ2n) is 8.44. The van der Waals surface area contributed by atoms with Crippen molar-refractivity contribution in [2.75, 3.05) is 37.7 Å². The van der Waals surface area contributed by atoms with Crippen molar-refractivity contribution in [1.82, 2.24) is 10.2 Å². The van der Waals surface area contributed by atoms with Crippen LogP contribution in [0.1, 0.15) is 19.3 Å². The average molecular weight is 462 g/mol. The lowest BCUT2D eigenvalue weighted by molar-refractivity contribution is -0.119. The van der Waals surface area contributed by atoms with E-state index in [0.29, 0.717) is 18.1 Å². The summed E-state index contributed by atoms with van der Waals surface area (Å²) in [5.41, 5.74) is 0.880. The second-order valence-corrected chi connectivity index (χ2v) is 8.88. The van der Waals surface area contributed by atoms with Crippen molar-refractivity contribution in [3.05, 3.63) is 59.4 Å². The summed E-state index contributed by atoms with van der Waals surface area (Å²) < 4.78 is 19.0. The average Bonchev–Trinajstić information content (AvgIpc) is 3.15. The highest BCUT2D eigenvalue weighted by molar-refractivity contribution is 6.30. The summed E-state index contributed by atoms with van der Waals surface area (Å²) in [6.07, 6.45) is 1.91. The van der Waals surface area contributed by atoms with Crippen molar-refractivity contribution >= 4 is 23.2 Å². The molecule has 2 heterocycles. The Kier molecular flexibility index (Phi) is 7.63. The summed E-state index contributed by atoms with van der Waals surface area (Å²) in [7, 11) is 0. The predicted octanol–water partition coefficient (Wildman–Crippen LogP) is 3.08. The van der Waals surface area contributed by atoms with Crippen LogP contribution in [-0.4, -0.2) is 66.9 Å². The van der Waals surface area contributed by atoms with Crippen LogP contribution in [0.5, 0.6) is 5.75 Å². The van der Waals surface area contributed by atoms with Crippen LogP contribution in [0.2, 0.25) is 5.02 Å². The van der Waals surface area contributed by atoms with E-state index in [2.05, 4.69) is 10.2 Å². The molecule has 0 aromatic heterocycles. The maximum Gasteiger partial charge on any atom is 0.244 e. The molecule has 2 aromatic rings. The minimum atomic E-state index is -0.691. The van der Waals surface area contributed by atoms with Gasteiger partial charge in [0.05, 0.1) is 6.04 Å². The molecule has 0 radical (unpaired) electrons. The number of nitrogens with one attached hydrogen (secondary N) is 1. The van der Waals surface area contributed by atoms with Crippen LogP contribution >= 0.6 is 11.6 Å². The summed E-state index contributed by atoms with van der Waals surface area (Å²) >= 11 is 5.95. The normalized spacial score (nSPS) is 21.2. The third-order valence-corrected chi connectivity index (χ3v) is 6.36. The van der Waals surface area contributed by atoms with Gasteiger partial charge in [0, 0.05) is 29.8 Å². The Balaban J connectivity index is 1.18. The van der Waals surface area contributed by atoms with E-state index >= 15 is 0 Å². The van der Waals surface area contributed by atoms with Gasteiger partial charge in [-0.1, -0.05) is 23.7 Å². The van der Waals surface area contributed by atoms with Crippen molar-refractivity contribution in [2.24, 2.45) is 0 Å². The number of ether oxygens (including phenoxy) is 1. The molecular weight excluding hydrogens is 433 g/mol. The highest BCUT2D eigenvalue weighted by Crippen LogP contribution is 2.24. The summed E-state index contributed by atoms with van der Waals surface area (Å²) in [5, 5.41) is 14.5. The third kappa shape index (κ3) is 5.78. The van der Waals surface area contributed by atoms with Crippen molar-refractivity contribution < 1.29 is 19.0 Å². The van der Waals surface area contributed by atoms with Crippen LogP contribution in [0.3, 0.4) is 0 Å². The van der Waals surface area contributed by atoms with Gasteiger partial charge in [0.15, 0.2) is 11.6 Å². The Morgan fingerprint density at radius 2 is 1.81 bits per heavy atom. The molecule has 172 valence electrons. The lowest BCUT2D eigenvalue weighted by Crippen LogP contribution is -2.50. The van der Waals surface area contributed by atoms with Crippen LogP contribution in [0.25, 0.3) is 0 Å². The molecule has 2 atom stereocenters. The number of amides is 1. The van der Waals surface area contributed by atoms with Gasteiger partial charge < -0.3 is 25.0 Å². The quantitative estimate of drug-likeness (QED) is 0.632. The van der Waals surface area contributed by atoms with Gasteiger partial charge in [-0.3, -0.25) is 4.79 Å². The molecule has 2 aliphatic heterocycles. The zero-order valence-electron chi connectivity index (χ0n) is 17.9. The van der Waals surface area contributed by atoms with Gasteiger partial charge in [-0.25, -0.2) is 4.39 Å². The first-order chi connectivity index (χ1) is 15.5. The number of halogens is 2. The largest absolute Gasteiger partial charge is 0.488 e. The molecule has 0 spiro atoms. The standard InChI is InChI=1S/C24H29ClFN3O3/c25-17-5-7-19(8-6-17)29-14-11-22(24(29)31)27-18-9-12-28(13-10-18)15-20(30)16-32-23-4-2-1-3-21(23)26/h1-8,18,20,22,27,30H,9-16H2/t20-,22-/m1/s1. The number of carbonyl (C=O) groups is 1. The molecule has 1 amide bonds. The van der Waals surface area contributed by atoms with Gasteiger partial charge >= 0.3 is 0 Å². The molecule has 2 N–H and O–H groups in total. The van der Waals surface area contributed by atoms with Gasteiger partial charge in [0.25, 0.3) is 0 Å². The van der Waals surface area contributed by atoms with Crippen LogP contribution < -0.4 is 15.0 Å². The minimum absolute atomic E-state index is 0.0518. The van der Waals surface area contributed by atoms with Gasteiger partial charge in [0.1, 0.15) is 12.7 Å². The number of piperidine rings is 1. The van der Waals surface area contributed by atoms with E-state index in [1.54, 1.807) is 30.3 Å². The summed E-state index contributed by atoms with van der Waals surface area (Å²) in [5.74, 6) is -0.165. The Bertz CT molecular complexity index is 906. The number of carbonyl (C=O) groups excluding carboxylic acids is 1. The number of benzene rings is 2. The monoisotopic (exact) mass is 461 g/mol. The van der Waals surface area contributed by atoms with E-state index in [1.807, 2.05) is 17.0 Å². The summed E-state index contributed by atoms with van der Waals surface area (Å²) in [6, 6.07) is 13.7. The van der Waals surface area contributed by atoms with E-state index < -0.39 is 11.9 Å². The molecule has 2 aliphatic rings. The van der Waals surface area contributed by atoms with Crippen LogP contribution in [0, 0.1) is 5.82 Å². The highest BCUT2D eigenvalue weighted by Gasteiger charge is 2.34. The number of hydrogen-bond donors (Lipinski definition) is 2. The number of nitrogens with zero attached hydrogens (tertiary/aromatic N) is 2. The Labute approximate surface area is 192 Å². The van der Waals surface area contributed by atoms with Crippen LogP contribution in [0.15, 0.2) is 48.5 Å². The van der Waals surface area contributed by atoms with E-state index in [-0.39, 0.29) is 30.3 Å². The zero-order valence-corrected chi connectivity index (χ0v) is 18.7. The van der Waals surface area contributed by atoms with Crippen molar-refractivity contribution in [1.29, 1.82) is 0 Å². The fraction of sp³-hybridized carbons (Fsp3) is 0.458. The number of aliphatic hydroxyl groups excluding tert-OH is 1. The van der Waals surface area contributed by atoms with Crippen molar-refractivity contribution in [2.45, 2.75) is 37.5 Å². The fourth-order valence-electron chi connectivity index (χ4n) is 4.38. The molecule has 2 aromatic carbocycles. The minimum Gasteiger partial charge on any atom is -0.488 e. The third-order valence-electron chi connectivity index (χ3n) is 6.11. The number of anilines is 1. The van der Waals surface area contributed by atoms with Gasteiger partial charge in [-0.05, 0) is 68.8 Å². The molecule has 2 fully saturated rings. The first kappa shape index (κ1) is 23.0. The molecule has 6 nitrogen and oxygen atoms in total. The molecule has 4 rings (SSSR count). The van der Waals surface area contributed by atoms with E-state index in [4.69, 9.17) is 16.3 Å². The Hall–Kier alpha value is -2.19. The SMILES string of the molecule is O=C1[C@H](NC2CCN(C[C@@H](O)COc3ccccc3F)CC2)CCN1c1ccc(Cl)cc1. The van der Waals surface area contributed by atoms with E-state index in [0.717, 1.165) is 38.0 Å². The van der Waals surface area contributed by atoms with Gasteiger partial charge in [-0.15, -0.1) is 0 Å². The molecule has 32 heavy (non-hydrogen) atoms. The Morgan fingerprint density at radius 3 is 2.53 bits per heavy atom. The summed E-state index contributed by atoms with van der Waals surface area (Å²) in [4.78, 5) is 16.8. The first-order valence-corrected chi connectivity index (χ1v) is 11.5. The fourth-order valence-corrected chi connectivity index (χ4v) is 4.50. The molecule has 8 heteroatoms. The number of para-hydroxylation sites is 1. The van der Waals surface area contributed by atoms with Crippen LogP contribution in [-0.2, 0) is 4.79 Å². The maximum atomic E-state index is 13.6. The van der Waals surface area contributed by atoms with Crippen molar-refractivity contribution in [3.8, 4) is 5.75 Å². The number of likely N-dealkylation sites (tertiary alicyclic amines) is 1. The number of β-amino-alcohol motifs (C(OH)–C–C–N with tert-alkyl or cyclic N) is 1. The van der Waals surface area contributed by atoms with E-state index in [9.17, 15) is 14.3 Å². The highest BCUT2D eigenvalue weighted by atomic mass is 35.5. The smallest absolute Gasteiger partial charge is 0.244 e. The molecule has 0 aliphatic carbocycles. The first-order valence-electron chi connectivity index (χ1n) is 11.1. The molecule has 2 saturated heterocycles. The van der Waals surface area contributed by atoms with Gasteiger partial charge in [0.2, 0.25) is 5.91 Å². The maximum absolute atomic E-state index is 13.6. The number of aliphatic hydroxyl groups is 1. The van der Waals surface area contributed by atoms with Crippen LogP contribution in [0.4, 0.5) is 10.1 Å². The van der Waals surface area contributed by atoms with E-state index in [1.165, 1.54) is 6.07 Å². The predicted molar refractivity (Wildman–Crippen MR) is 123 cm³/mol. The topological polar surface area (TPSA) is 65.0 Å². The zero-order chi connectivity index (χ0) is 22.5. The number of hydrogen-bond acceptors (Lipinski definition) is 5. The summed E-state index contributed by atoms with van der Waals surface area (Å²) in [6.45, 7) is 2.89. The number of rotatable bonds is 8. The van der Waals surface area contributed by atoms with Crippen molar-refractivity contribution in [3.63, 3.8) is 0 Å². The lowest BCUT2D eigenvalue weighted by atomic mass is 10.0. The van der Waals surface area contributed by atoms with Gasteiger partial charge in [-0.2, -0.15) is 0 Å². The second kappa shape index (κ2) is 10.6. The molecule has 0 unspecified atom stereocenters. The molecule has 0 saturated carbocycles. The Morgan fingerprint density at radius 1 is 1.09 bits per heavy atom. The lowest BCUT2D eigenvalue weighted by Gasteiger charge is -2.34.